The summed E-state index contributed by atoms with van der Waals surface area (Å²) >= 11 is 1.15. The molecule has 41 heavy (non-hydrogen) atoms. The summed E-state index contributed by atoms with van der Waals surface area (Å²) in [6.45, 7) is 6.41. The molecular formula is C30H33N3O6S2. The summed E-state index contributed by atoms with van der Waals surface area (Å²) in [6, 6.07) is 18.8. The van der Waals surface area contributed by atoms with E-state index in [0.717, 1.165) is 33.6 Å². The van der Waals surface area contributed by atoms with Crippen LogP contribution in [-0.4, -0.2) is 44.1 Å². The van der Waals surface area contributed by atoms with Gasteiger partial charge in [-0.2, -0.15) is 4.98 Å². The van der Waals surface area contributed by atoms with Crippen LogP contribution in [0, 0.1) is 5.92 Å². The quantitative estimate of drug-likeness (QED) is 0.195. The molecule has 2 aromatic carbocycles. The number of ether oxygens (including phenoxy) is 2. The molecule has 0 aliphatic heterocycles. The Hall–Kier alpha value is -3.96. The van der Waals surface area contributed by atoms with Crippen molar-refractivity contribution in [2.24, 2.45) is 5.92 Å². The first-order valence-electron chi connectivity index (χ1n) is 13.2. The van der Waals surface area contributed by atoms with Crippen LogP contribution in [0.2, 0.25) is 0 Å². The van der Waals surface area contributed by atoms with Crippen LogP contribution >= 0.6 is 11.3 Å². The van der Waals surface area contributed by atoms with Gasteiger partial charge in [0.1, 0.15) is 15.7 Å². The number of hydrogen-bond donors (Lipinski definition) is 1. The molecule has 2 aromatic heterocycles. The third-order valence-electron chi connectivity index (χ3n) is 6.17. The normalized spacial score (nSPS) is 11.4. The smallest absolute Gasteiger partial charge is 0.421 e. The Balaban J connectivity index is 1.69. The number of methoxy groups -OCH3 is 1. The monoisotopic (exact) mass is 595 g/mol. The first-order valence-corrected chi connectivity index (χ1v) is 15.5. The molecule has 11 heteroatoms. The van der Waals surface area contributed by atoms with E-state index in [1.807, 2.05) is 72.3 Å². The maximum Gasteiger partial charge on any atom is 0.421 e. The lowest BCUT2D eigenvalue weighted by atomic mass is 10.0. The minimum Gasteiger partial charge on any atom is -0.479 e. The molecule has 0 atom stereocenters. The molecule has 0 radical (unpaired) electrons. The van der Waals surface area contributed by atoms with E-state index in [2.05, 4.69) is 18.8 Å². The van der Waals surface area contributed by atoms with Gasteiger partial charge >= 0.3 is 6.09 Å². The highest BCUT2D eigenvalue weighted by Gasteiger charge is 2.26. The van der Waals surface area contributed by atoms with E-state index >= 15 is 0 Å². The summed E-state index contributed by atoms with van der Waals surface area (Å²) in [6.07, 6.45) is 1.01. The highest BCUT2D eigenvalue weighted by atomic mass is 32.2. The van der Waals surface area contributed by atoms with Gasteiger partial charge in [0.15, 0.2) is 6.29 Å². The lowest BCUT2D eigenvalue weighted by molar-refractivity contribution is 0.111. The Labute approximate surface area is 244 Å². The van der Waals surface area contributed by atoms with E-state index < -0.39 is 16.1 Å². The van der Waals surface area contributed by atoms with E-state index in [4.69, 9.17) is 9.47 Å². The number of carbonyl (C=O) groups excluding carboxylic acids is 2. The number of benzene rings is 2. The fraction of sp³-hybridized carbons (Fsp3) is 0.300. The Morgan fingerprint density at radius 3 is 2.41 bits per heavy atom. The Bertz CT molecular complexity index is 1610. The van der Waals surface area contributed by atoms with Crippen molar-refractivity contribution in [3.8, 4) is 28.4 Å². The van der Waals surface area contributed by atoms with Crippen LogP contribution < -0.4 is 9.46 Å². The van der Waals surface area contributed by atoms with E-state index in [0.29, 0.717) is 47.9 Å². The minimum atomic E-state index is -4.16. The number of imidazole rings is 1. The van der Waals surface area contributed by atoms with Crippen LogP contribution in [0.4, 0.5) is 4.79 Å². The maximum absolute atomic E-state index is 13.2. The molecule has 216 valence electrons. The average molecular weight is 596 g/mol. The van der Waals surface area contributed by atoms with Crippen LogP contribution in [0.1, 0.15) is 48.1 Å². The molecule has 0 spiro atoms. The minimum absolute atomic E-state index is 0.0586. The van der Waals surface area contributed by atoms with Crippen molar-refractivity contribution in [1.82, 2.24) is 14.3 Å². The summed E-state index contributed by atoms with van der Waals surface area (Å²) in [5, 5.41) is 0. The standard InChI is InChI=1S/C30H33N3O6S2/c1-5-15-39-30(35)32-41(36,37)29-25(17-24(40-29)16-20(2)3)22-13-11-21(12-14-22)18-33-26(19-34)28(38-4)31-27(33)23-9-7-6-8-10-23/h6-14,17,19-20H,5,15-16,18H2,1-4H3,(H,32,35). The second-order valence-electron chi connectivity index (χ2n) is 9.85. The highest BCUT2D eigenvalue weighted by Crippen LogP contribution is 2.37. The molecule has 1 amide bonds. The topological polar surface area (TPSA) is 117 Å². The summed E-state index contributed by atoms with van der Waals surface area (Å²) in [4.78, 5) is 29.5. The average Bonchev–Trinajstić information content (AvgIpc) is 3.54. The number of sulfonamides is 1. The number of aromatic nitrogens is 2. The van der Waals surface area contributed by atoms with Crippen molar-refractivity contribution >= 4 is 33.7 Å². The predicted molar refractivity (Wildman–Crippen MR) is 159 cm³/mol. The third-order valence-corrected chi connectivity index (χ3v) is 9.18. The van der Waals surface area contributed by atoms with E-state index in [1.165, 1.54) is 7.11 Å². The number of aldehydes is 1. The summed E-state index contributed by atoms with van der Waals surface area (Å²) in [5.74, 6) is 1.16. The largest absolute Gasteiger partial charge is 0.479 e. The molecule has 9 nitrogen and oxygen atoms in total. The van der Waals surface area contributed by atoms with Gasteiger partial charge in [-0.05, 0) is 36.0 Å². The van der Waals surface area contributed by atoms with Gasteiger partial charge in [-0.15, -0.1) is 11.3 Å². The summed E-state index contributed by atoms with van der Waals surface area (Å²) in [5.41, 5.74) is 3.23. The molecule has 0 unspecified atom stereocenters. The Morgan fingerprint density at radius 1 is 1.10 bits per heavy atom. The first-order chi connectivity index (χ1) is 19.7. The molecule has 0 bridgehead atoms. The second kappa shape index (κ2) is 13.1. The van der Waals surface area contributed by atoms with Gasteiger partial charge in [-0.25, -0.2) is 17.9 Å². The number of carbonyl (C=O) groups is 2. The van der Waals surface area contributed by atoms with Gasteiger partial charge in [0, 0.05) is 22.5 Å². The van der Waals surface area contributed by atoms with Crippen molar-refractivity contribution in [3.63, 3.8) is 0 Å². The molecule has 0 aliphatic carbocycles. The molecule has 4 rings (SSSR count). The van der Waals surface area contributed by atoms with Crippen LogP contribution in [-0.2, 0) is 27.7 Å². The van der Waals surface area contributed by atoms with Crippen molar-refractivity contribution < 1.29 is 27.5 Å². The lowest BCUT2D eigenvalue weighted by Crippen LogP contribution is -2.31. The van der Waals surface area contributed by atoms with Crippen LogP contribution in [0.25, 0.3) is 22.5 Å². The van der Waals surface area contributed by atoms with Gasteiger partial charge in [-0.1, -0.05) is 75.4 Å². The highest BCUT2D eigenvalue weighted by molar-refractivity contribution is 7.92. The maximum atomic E-state index is 13.2. The van der Waals surface area contributed by atoms with Crippen molar-refractivity contribution in [1.29, 1.82) is 0 Å². The lowest BCUT2D eigenvalue weighted by Gasteiger charge is -2.11. The van der Waals surface area contributed by atoms with Crippen molar-refractivity contribution in [2.45, 2.75) is 44.4 Å². The predicted octanol–water partition coefficient (Wildman–Crippen LogP) is 6.17. The fourth-order valence-electron chi connectivity index (χ4n) is 4.36. The van der Waals surface area contributed by atoms with Gasteiger partial charge in [-0.3, -0.25) is 4.79 Å². The molecule has 1 N–H and O–H groups in total. The second-order valence-corrected chi connectivity index (χ2v) is 12.9. The van der Waals surface area contributed by atoms with Gasteiger partial charge in [0.05, 0.1) is 13.7 Å². The SMILES string of the molecule is CCCOC(=O)NS(=O)(=O)c1sc(CC(C)C)cc1-c1ccc(Cn2c(-c3ccccc3)nc(OC)c2C=O)cc1. The molecule has 0 fully saturated rings. The van der Waals surface area contributed by atoms with E-state index in [1.54, 1.807) is 4.57 Å². The molecular weight excluding hydrogens is 562 g/mol. The number of nitrogens with zero attached hydrogens (tertiary/aromatic N) is 2. The Kier molecular flexibility index (Phi) is 9.61. The first kappa shape index (κ1) is 30.0. The number of nitrogens with one attached hydrogen (secondary N) is 1. The van der Waals surface area contributed by atoms with Crippen molar-refractivity contribution in [2.75, 3.05) is 13.7 Å². The van der Waals surface area contributed by atoms with Crippen LogP contribution in [0.3, 0.4) is 0 Å². The molecule has 0 saturated heterocycles. The van der Waals surface area contributed by atoms with Crippen LogP contribution in [0.15, 0.2) is 64.9 Å². The molecule has 4 aromatic rings. The zero-order valence-electron chi connectivity index (χ0n) is 23.4. The van der Waals surface area contributed by atoms with E-state index in [9.17, 15) is 18.0 Å². The number of amides is 1. The fourth-order valence-corrected chi connectivity index (χ4v) is 7.20. The Morgan fingerprint density at radius 2 is 1.80 bits per heavy atom. The number of hydrogen-bond acceptors (Lipinski definition) is 8. The summed E-state index contributed by atoms with van der Waals surface area (Å²) in [7, 11) is -2.69. The number of thiophene rings is 1. The third kappa shape index (κ3) is 7.04. The number of rotatable bonds is 12. The zero-order chi connectivity index (χ0) is 29.6. The molecule has 0 aliphatic rings. The summed E-state index contributed by atoms with van der Waals surface area (Å²) < 4.78 is 40.6. The zero-order valence-corrected chi connectivity index (χ0v) is 25.1. The van der Waals surface area contributed by atoms with Gasteiger partial charge in [0.2, 0.25) is 5.88 Å². The molecule has 0 saturated carbocycles. The van der Waals surface area contributed by atoms with Gasteiger partial charge in [0.25, 0.3) is 10.0 Å². The van der Waals surface area contributed by atoms with Crippen LogP contribution in [0.5, 0.6) is 5.88 Å². The van der Waals surface area contributed by atoms with Crippen molar-refractivity contribution in [3.05, 3.63) is 76.8 Å². The van der Waals surface area contributed by atoms with Gasteiger partial charge < -0.3 is 14.0 Å². The van der Waals surface area contributed by atoms with E-state index in [-0.39, 0.29) is 16.7 Å². The molecule has 2 heterocycles.